The second-order valence-electron chi connectivity index (χ2n) is 12.8. The van der Waals surface area contributed by atoms with Crippen LogP contribution in [0.4, 0.5) is 0 Å². The maximum absolute atomic E-state index is 14.0. The lowest BCUT2D eigenvalue weighted by Gasteiger charge is -2.54. The first-order valence-electron chi connectivity index (χ1n) is 13.2. The molecule has 33 heavy (non-hydrogen) atoms. The smallest absolute Gasteiger partial charge is 0.173 e. The summed E-state index contributed by atoms with van der Waals surface area (Å²) < 4.78 is 6.96. The van der Waals surface area contributed by atoms with Gasteiger partial charge in [0.2, 0.25) is 0 Å². The largest absolute Gasteiger partial charge is 0.371 e. The SMILES string of the molecule is CC1CCC2(CC1)OC1CC3C4CCC5CC(=O)C(C#N)=C[C@]5(C)C4=CC(=O)[C@]3(C)C1[C@@H]2C. The van der Waals surface area contributed by atoms with E-state index in [2.05, 4.69) is 33.8 Å². The van der Waals surface area contributed by atoms with Gasteiger partial charge in [-0.25, -0.2) is 0 Å². The highest BCUT2D eigenvalue weighted by Crippen LogP contribution is 2.69. The number of carbonyl (C=O) groups excluding carboxylic acids is 2. The average Bonchev–Trinajstić information content (AvgIpc) is 3.23. The Bertz CT molecular complexity index is 1020. The Morgan fingerprint density at radius 1 is 1.09 bits per heavy atom. The van der Waals surface area contributed by atoms with Crippen molar-refractivity contribution in [2.24, 2.45) is 46.3 Å². The Hall–Kier alpha value is -1.73. The summed E-state index contributed by atoms with van der Waals surface area (Å²) in [6, 6.07) is 2.13. The van der Waals surface area contributed by atoms with Crippen LogP contribution in [0.3, 0.4) is 0 Å². The van der Waals surface area contributed by atoms with Gasteiger partial charge >= 0.3 is 0 Å². The third-order valence-electron chi connectivity index (χ3n) is 11.5. The summed E-state index contributed by atoms with van der Waals surface area (Å²) in [5.74, 6) is 2.58. The third kappa shape index (κ3) is 2.67. The summed E-state index contributed by atoms with van der Waals surface area (Å²) in [6.45, 7) is 9.14. The fourth-order valence-corrected chi connectivity index (χ4v) is 9.50. The Labute approximate surface area is 197 Å². The van der Waals surface area contributed by atoms with Crippen LogP contribution in [0.25, 0.3) is 0 Å². The number of allylic oxidation sites excluding steroid dienone is 4. The lowest BCUT2D eigenvalue weighted by Crippen LogP contribution is -2.52. The monoisotopic (exact) mass is 447 g/mol. The van der Waals surface area contributed by atoms with Crippen LogP contribution in [0.1, 0.15) is 79.1 Å². The molecule has 4 heteroatoms. The topological polar surface area (TPSA) is 67.2 Å². The maximum Gasteiger partial charge on any atom is 0.173 e. The molecule has 3 saturated carbocycles. The molecule has 4 fully saturated rings. The molecule has 1 aliphatic heterocycles. The molecule has 8 atom stereocenters. The van der Waals surface area contributed by atoms with E-state index in [0.29, 0.717) is 30.1 Å². The number of hydrogen-bond acceptors (Lipinski definition) is 4. The van der Waals surface area contributed by atoms with Gasteiger partial charge in [0.15, 0.2) is 11.6 Å². The van der Waals surface area contributed by atoms with Crippen molar-refractivity contribution >= 4 is 11.6 Å². The molecule has 176 valence electrons. The first-order chi connectivity index (χ1) is 15.6. The second kappa shape index (κ2) is 6.91. The van der Waals surface area contributed by atoms with Crippen molar-refractivity contribution in [1.29, 1.82) is 5.26 Å². The number of nitrogens with zero attached hydrogens (tertiary/aromatic N) is 1. The summed E-state index contributed by atoms with van der Waals surface area (Å²) in [5.41, 5.74) is 0.729. The van der Waals surface area contributed by atoms with Crippen molar-refractivity contribution in [2.45, 2.75) is 90.8 Å². The molecule has 1 heterocycles. The molecular weight excluding hydrogens is 410 g/mol. The molecule has 4 nitrogen and oxygen atoms in total. The van der Waals surface area contributed by atoms with Gasteiger partial charge in [-0.2, -0.15) is 5.26 Å². The molecule has 0 bridgehead atoms. The molecule has 0 radical (unpaired) electrons. The van der Waals surface area contributed by atoms with E-state index in [0.717, 1.165) is 38.0 Å². The van der Waals surface area contributed by atoms with Crippen LogP contribution in [0.2, 0.25) is 0 Å². The summed E-state index contributed by atoms with van der Waals surface area (Å²) in [4.78, 5) is 26.4. The van der Waals surface area contributed by atoms with E-state index >= 15 is 0 Å². The van der Waals surface area contributed by atoms with Crippen molar-refractivity contribution in [1.82, 2.24) is 0 Å². The van der Waals surface area contributed by atoms with Gasteiger partial charge in [-0.3, -0.25) is 9.59 Å². The minimum Gasteiger partial charge on any atom is -0.371 e. The van der Waals surface area contributed by atoms with Gasteiger partial charge in [0.25, 0.3) is 0 Å². The Kier molecular flexibility index (Phi) is 4.56. The van der Waals surface area contributed by atoms with E-state index in [1.165, 1.54) is 18.4 Å². The molecule has 1 saturated heterocycles. The zero-order chi connectivity index (χ0) is 23.3. The Balaban J connectivity index is 1.38. The summed E-state index contributed by atoms with van der Waals surface area (Å²) >= 11 is 0. The quantitative estimate of drug-likeness (QED) is 0.486. The third-order valence-corrected chi connectivity index (χ3v) is 11.5. The number of hydrogen-bond donors (Lipinski definition) is 0. The van der Waals surface area contributed by atoms with Crippen molar-refractivity contribution in [2.75, 3.05) is 0 Å². The predicted molar refractivity (Wildman–Crippen MR) is 125 cm³/mol. The van der Waals surface area contributed by atoms with Crippen LogP contribution in [-0.4, -0.2) is 23.3 Å². The van der Waals surface area contributed by atoms with Crippen LogP contribution in [0, 0.1) is 57.7 Å². The van der Waals surface area contributed by atoms with Gasteiger partial charge in [-0.1, -0.05) is 39.3 Å². The van der Waals surface area contributed by atoms with Crippen LogP contribution in [0.15, 0.2) is 23.3 Å². The molecule has 6 aliphatic rings. The summed E-state index contributed by atoms with van der Waals surface area (Å²) in [7, 11) is 0. The minimum absolute atomic E-state index is 0.0299. The van der Waals surface area contributed by atoms with Crippen molar-refractivity contribution in [3.8, 4) is 6.07 Å². The molecule has 0 aromatic carbocycles. The van der Waals surface area contributed by atoms with Crippen molar-refractivity contribution < 1.29 is 14.3 Å². The second-order valence-corrected chi connectivity index (χ2v) is 12.8. The van der Waals surface area contributed by atoms with Gasteiger partial charge in [0, 0.05) is 23.2 Å². The normalized spacial score (nSPS) is 52.9. The van der Waals surface area contributed by atoms with Crippen LogP contribution in [-0.2, 0) is 14.3 Å². The van der Waals surface area contributed by atoms with Gasteiger partial charge in [-0.05, 0) is 80.6 Å². The highest BCUT2D eigenvalue weighted by Gasteiger charge is 2.69. The lowest BCUT2D eigenvalue weighted by atomic mass is 9.48. The highest BCUT2D eigenvalue weighted by molar-refractivity contribution is 6.01. The lowest BCUT2D eigenvalue weighted by molar-refractivity contribution is -0.132. The average molecular weight is 448 g/mol. The molecule has 5 unspecified atom stereocenters. The summed E-state index contributed by atoms with van der Waals surface area (Å²) in [5, 5.41) is 9.54. The van der Waals surface area contributed by atoms with E-state index in [1.807, 2.05) is 12.2 Å². The fourth-order valence-electron chi connectivity index (χ4n) is 9.50. The molecule has 0 N–H and O–H groups in total. The van der Waals surface area contributed by atoms with E-state index in [4.69, 9.17) is 4.74 Å². The Morgan fingerprint density at radius 3 is 2.52 bits per heavy atom. The van der Waals surface area contributed by atoms with E-state index in [1.54, 1.807) is 0 Å². The highest BCUT2D eigenvalue weighted by atomic mass is 16.5. The van der Waals surface area contributed by atoms with E-state index in [9.17, 15) is 14.9 Å². The molecule has 0 aromatic rings. The predicted octanol–water partition coefficient (Wildman–Crippen LogP) is 5.58. The van der Waals surface area contributed by atoms with Gasteiger partial charge < -0.3 is 4.74 Å². The van der Waals surface area contributed by atoms with Gasteiger partial charge in [0.1, 0.15) is 6.07 Å². The van der Waals surface area contributed by atoms with Gasteiger partial charge in [-0.15, -0.1) is 0 Å². The number of Topliss-reactive ketones (excluding diaryl/α,β-unsaturated/α-hetero) is 1. The van der Waals surface area contributed by atoms with Crippen LogP contribution < -0.4 is 0 Å². The number of fused-ring (bicyclic) bond motifs is 7. The fraction of sp³-hybridized carbons (Fsp3) is 0.759. The number of rotatable bonds is 0. The standard InChI is InChI=1S/C29H37NO3/c1-16-7-9-29(10-8-16)17(2)26-24(33-29)12-22-20-6-5-19-11-23(31)18(15-30)14-27(19,3)21(20)13-25(32)28(22,26)4/h13-14,16-17,19-20,22,24,26H,5-12H2,1-4H3/t16?,17-,19?,20?,22?,24?,26?,27-,28+,29?/m0/s1. The zero-order valence-corrected chi connectivity index (χ0v) is 20.5. The number of ether oxygens (including phenoxy) is 1. The minimum atomic E-state index is -0.361. The molecule has 0 aromatic heterocycles. The first-order valence-corrected chi connectivity index (χ1v) is 13.2. The number of nitriles is 1. The maximum atomic E-state index is 14.0. The zero-order valence-electron chi connectivity index (χ0n) is 20.5. The number of ketones is 2. The summed E-state index contributed by atoms with van der Waals surface area (Å²) in [6.07, 6.45) is 12.2. The van der Waals surface area contributed by atoms with Crippen LogP contribution in [0.5, 0.6) is 0 Å². The van der Waals surface area contributed by atoms with Crippen molar-refractivity contribution in [3.05, 3.63) is 23.3 Å². The molecule has 0 amide bonds. The molecule has 1 spiro atoms. The molecule has 5 aliphatic carbocycles. The first kappa shape index (κ1) is 21.8. The van der Waals surface area contributed by atoms with E-state index < -0.39 is 0 Å². The number of carbonyl (C=O) groups is 2. The van der Waals surface area contributed by atoms with Crippen LogP contribution >= 0.6 is 0 Å². The van der Waals surface area contributed by atoms with Gasteiger partial charge in [0.05, 0.1) is 17.3 Å². The van der Waals surface area contributed by atoms with E-state index in [-0.39, 0.29) is 45.6 Å². The van der Waals surface area contributed by atoms with Crippen molar-refractivity contribution in [3.63, 3.8) is 0 Å². The molecular formula is C29H37NO3. The Morgan fingerprint density at radius 2 is 1.82 bits per heavy atom. The molecule has 6 rings (SSSR count).